The molecule has 104 valence electrons. The van der Waals surface area contributed by atoms with Crippen LogP contribution in [0, 0.1) is 5.92 Å². The van der Waals surface area contributed by atoms with E-state index in [0.29, 0.717) is 5.92 Å². The number of hydrogen-bond donors (Lipinski definition) is 2. The van der Waals surface area contributed by atoms with Crippen LogP contribution in [-0.2, 0) is 4.79 Å². The van der Waals surface area contributed by atoms with Gasteiger partial charge in [-0.1, -0.05) is 18.9 Å². The maximum atomic E-state index is 12.2. The van der Waals surface area contributed by atoms with Gasteiger partial charge in [0.05, 0.1) is 6.04 Å². The molecule has 0 aliphatic heterocycles. The number of aromatic nitrogens is 1. The smallest absolute Gasteiger partial charge is 0.241 e. The number of carbonyl (C=O) groups is 1. The first kappa shape index (κ1) is 13.1. The summed E-state index contributed by atoms with van der Waals surface area (Å²) in [5, 5.41) is 5.04. The van der Waals surface area contributed by atoms with Gasteiger partial charge in [0, 0.05) is 23.5 Å². The second kappa shape index (κ2) is 5.59. The van der Waals surface area contributed by atoms with Crippen LogP contribution in [0.25, 0.3) is 10.8 Å². The summed E-state index contributed by atoms with van der Waals surface area (Å²) in [6.07, 6.45) is 8.06. The molecule has 0 spiro atoms. The summed E-state index contributed by atoms with van der Waals surface area (Å²) in [6.45, 7) is 0. The molecule has 1 aliphatic rings. The maximum absolute atomic E-state index is 12.2. The molecule has 20 heavy (non-hydrogen) atoms. The molecule has 1 heterocycles. The molecule has 4 nitrogen and oxygen atoms in total. The molecule has 1 amide bonds. The molecule has 1 saturated carbocycles. The van der Waals surface area contributed by atoms with E-state index in [9.17, 15) is 4.79 Å². The highest BCUT2D eigenvalue weighted by Crippen LogP contribution is 2.27. The fourth-order valence-corrected chi connectivity index (χ4v) is 2.92. The Morgan fingerprint density at radius 3 is 2.85 bits per heavy atom. The number of anilines is 1. The van der Waals surface area contributed by atoms with Crippen LogP contribution in [0.2, 0.25) is 0 Å². The molecule has 4 heteroatoms. The number of rotatable bonds is 3. The standard InChI is InChI=1S/C16H19N3O/c17-15(12-3-1-2-4-12)16(20)19-14-6-5-11-7-8-18-10-13(11)9-14/h5-10,12,15H,1-4,17H2,(H,19,20). The Morgan fingerprint density at radius 1 is 1.25 bits per heavy atom. The first-order valence-corrected chi connectivity index (χ1v) is 7.14. The number of hydrogen-bond acceptors (Lipinski definition) is 3. The number of nitrogens with two attached hydrogens (primary N) is 1. The predicted octanol–water partition coefficient (Wildman–Crippen LogP) is 2.69. The fourth-order valence-electron chi connectivity index (χ4n) is 2.92. The zero-order valence-corrected chi connectivity index (χ0v) is 11.4. The van der Waals surface area contributed by atoms with Crippen LogP contribution in [0.1, 0.15) is 25.7 Å². The molecule has 1 aliphatic carbocycles. The molecular weight excluding hydrogens is 250 g/mol. The van der Waals surface area contributed by atoms with Crippen LogP contribution in [0.3, 0.4) is 0 Å². The zero-order valence-electron chi connectivity index (χ0n) is 11.4. The average Bonchev–Trinajstić information content (AvgIpc) is 3.00. The van der Waals surface area contributed by atoms with Gasteiger partial charge in [0.25, 0.3) is 0 Å². The molecule has 1 aromatic carbocycles. The van der Waals surface area contributed by atoms with Gasteiger partial charge in [-0.25, -0.2) is 0 Å². The van der Waals surface area contributed by atoms with Gasteiger partial charge in [-0.15, -0.1) is 0 Å². The lowest BCUT2D eigenvalue weighted by Gasteiger charge is -2.18. The van der Waals surface area contributed by atoms with E-state index in [4.69, 9.17) is 5.73 Å². The van der Waals surface area contributed by atoms with Gasteiger partial charge in [-0.05, 0) is 42.3 Å². The molecule has 0 radical (unpaired) electrons. The SMILES string of the molecule is NC(C(=O)Nc1ccc2ccncc2c1)C1CCCC1. The van der Waals surface area contributed by atoms with Crippen molar-refractivity contribution in [3.8, 4) is 0 Å². The number of nitrogens with one attached hydrogen (secondary N) is 1. The molecular formula is C16H19N3O. The lowest BCUT2D eigenvalue weighted by molar-refractivity contribution is -0.118. The van der Waals surface area contributed by atoms with Gasteiger partial charge in [-0.2, -0.15) is 0 Å². The molecule has 1 atom stereocenters. The van der Waals surface area contributed by atoms with E-state index in [-0.39, 0.29) is 5.91 Å². The van der Waals surface area contributed by atoms with Crippen LogP contribution >= 0.6 is 0 Å². The van der Waals surface area contributed by atoms with E-state index in [1.165, 1.54) is 12.8 Å². The lowest BCUT2D eigenvalue weighted by Crippen LogP contribution is -2.40. The molecule has 3 N–H and O–H groups in total. The van der Waals surface area contributed by atoms with Crippen LogP contribution in [0.4, 0.5) is 5.69 Å². The Bertz CT molecular complexity index is 620. The summed E-state index contributed by atoms with van der Waals surface area (Å²) in [7, 11) is 0. The minimum Gasteiger partial charge on any atom is -0.325 e. The number of fused-ring (bicyclic) bond motifs is 1. The first-order chi connectivity index (χ1) is 9.74. The van der Waals surface area contributed by atoms with E-state index in [1.807, 2.05) is 24.3 Å². The quantitative estimate of drug-likeness (QED) is 0.900. The van der Waals surface area contributed by atoms with Crippen molar-refractivity contribution in [2.45, 2.75) is 31.7 Å². The van der Waals surface area contributed by atoms with Gasteiger partial charge in [0.1, 0.15) is 0 Å². The molecule has 3 rings (SSSR count). The summed E-state index contributed by atoms with van der Waals surface area (Å²) < 4.78 is 0. The summed E-state index contributed by atoms with van der Waals surface area (Å²) in [4.78, 5) is 16.3. The van der Waals surface area contributed by atoms with Crippen LogP contribution in [-0.4, -0.2) is 16.9 Å². The summed E-state index contributed by atoms with van der Waals surface area (Å²) in [5.74, 6) is 0.247. The summed E-state index contributed by atoms with van der Waals surface area (Å²) in [5.41, 5.74) is 6.84. The number of pyridine rings is 1. The summed E-state index contributed by atoms with van der Waals surface area (Å²) in [6, 6.07) is 7.37. The van der Waals surface area contributed by atoms with E-state index >= 15 is 0 Å². The fraction of sp³-hybridized carbons (Fsp3) is 0.375. The first-order valence-electron chi connectivity index (χ1n) is 7.14. The normalized spacial score (nSPS) is 17.2. The molecule has 1 unspecified atom stereocenters. The average molecular weight is 269 g/mol. The number of nitrogens with zero attached hydrogens (tertiary/aromatic N) is 1. The minimum atomic E-state index is -0.401. The Labute approximate surface area is 118 Å². The molecule has 1 aromatic heterocycles. The molecule has 1 fully saturated rings. The Morgan fingerprint density at radius 2 is 2.05 bits per heavy atom. The van der Waals surface area contributed by atoms with Crippen LogP contribution in [0.15, 0.2) is 36.7 Å². The Kier molecular flexibility index (Phi) is 3.65. The van der Waals surface area contributed by atoms with Crippen LogP contribution < -0.4 is 11.1 Å². The number of amides is 1. The third-order valence-corrected chi connectivity index (χ3v) is 4.12. The van der Waals surface area contributed by atoms with Crippen molar-refractivity contribution < 1.29 is 4.79 Å². The van der Waals surface area contributed by atoms with Crippen molar-refractivity contribution >= 4 is 22.4 Å². The zero-order chi connectivity index (χ0) is 13.9. The van der Waals surface area contributed by atoms with Crippen LogP contribution in [0.5, 0.6) is 0 Å². The number of benzene rings is 1. The van der Waals surface area contributed by atoms with Crippen molar-refractivity contribution in [2.24, 2.45) is 11.7 Å². The highest BCUT2D eigenvalue weighted by molar-refractivity contribution is 5.97. The highest BCUT2D eigenvalue weighted by atomic mass is 16.2. The largest absolute Gasteiger partial charge is 0.325 e. The predicted molar refractivity (Wildman–Crippen MR) is 80.3 cm³/mol. The number of carbonyl (C=O) groups excluding carboxylic acids is 1. The van der Waals surface area contributed by atoms with Gasteiger partial charge in [0.2, 0.25) is 5.91 Å². The van der Waals surface area contributed by atoms with E-state index < -0.39 is 6.04 Å². The molecule has 0 bridgehead atoms. The Hall–Kier alpha value is -1.94. The van der Waals surface area contributed by atoms with E-state index in [1.54, 1.807) is 12.4 Å². The summed E-state index contributed by atoms with van der Waals surface area (Å²) >= 11 is 0. The van der Waals surface area contributed by atoms with Crippen molar-refractivity contribution in [1.29, 1.82) is 0 Å². The van der Waals surface area contributed by atoms with Crippen molar-refractivity contribution in [3.63, 3.8) is 0 Å². The minimum absolute atomic E-state index is 0.0832. The van der Waals surface area contributed by atoms with Crippen molar-refractivity contribution in [1.82, 2.24) is 4.98 Å². The second-order valence-electron chi connectivity index (χ2n) is 5.50. The van der Waals surface area contributed by atoms with Gasteiger partial charge < -0.3 is 11.1 Å². The van der Waals surface area contributed by atoms with Crippen molar-refractivity contribution in [3.05, 3.63) is 36.7 Å². The highest BCUT2D eigenvalue weighted by Gasteiger charge is 2.27. The maximum Gasteiger partial charge on any atom is 0.241 e. The van der Waals surface area contributed by atoms with E-state index in [2.05, 4.69) is 10.3 Å². The van der Waals surface area contributed by atoms with Crippen molar-refractivity contribution in [2.75, 3.05) is 5.32 Å². The van der Waals surface area contributed by atoms with Gasteiger partial charge in [-0.3, -0.25) is 9.78 Å². The van der Waals surface area contributed by atoms with E-state index in [0.717, 1.165) is 29.3 Å². The molecule has 2 aromatic rings. The third-order valence-electron chi connectivity index (χ3n) is 4.12. The topological polar surface area (TPSA) is 68.0 Å². The monoisotopic (exact) mass is 269 g/mol. The lowest BCUT2D eigenvalue weighted by atomic mass is 9.98. The van der Waals surface area contributed by atoms with Gasteiger partial charge >= 0.3 is 0 Å². The third kappa shape index (κ3) is 2.65. The second-order valence-corrected chi connectivity index (χ2v) is 5.50. The van der Waals surface area contributed by atoms with Gasteiger partial charge in [0.15, 0.2) is 0 Å². The Balaban J connectivity index is 1.73. The molecule has 0 saturated heterocycles.